The van der Waals surface area contributed by atoms with Gasteiger partial charge in [0, 0.05) is 17.9 Å². The predicted octanol–water partition coefficient (Wildman–Crippen LogP) is 3.69. The maximum atomic E-state index is 13.1. The number of anilines is 1. The second-order valence-electron chi connectivity index (χ2n) is 5.81. The average molecular weight is 377 g/mol. The van der Waals surface area contributed by atoms with E-state index in [1.165, 1.54) is 11.8 Å². The van der Waals surface area contributed by atoms with Gasteiger partial charge in [0.15, 0.2) is 5.16 Å². The van der Waals surface area contributed by atoms with Gasteiger partial charge in [-0.3, -0.25) is 9.36 Å². The van der Waals surface area contributed by atoms with Gasteiger partial charge in [-0.1, -0.05) is 48.2 Å². The zero-order chi connectivity index (χ0) is 19.1. The zero-order valence-electron chi connectivity index (χ0n) is 14.9. The Balaban J connectivity index is 1.79. The summed E-state index contributed by atoms with van der Waals surface area (Å²) in [5, 5.41) is 17.4. The summed E-state index contributed by atoms with van der Waals surface area (Å²) in [6.07, 6.45) is 1.91. The van der Waals surface area contributed by atoms with E-state index in [0.717, 1.165) is 11.4 Å². The SMILES string of the molecule is CC(Sc1nncn1-c1ccccc1)C(=O)N(CCC#N)c1ccccc1. The van der Waals surface area contributed by atoms with Crippen molar-refractivity contribution in [3.63, 3.8) is 0 Å². The maximum Gasteiger partial charge on any atom is 0.240 e. The Labute approximate surface area is 162 Å². The summed E-state index contributed by atoms with van der Waals surface area (Å²) >= 11 is 1.35. The Morgan fingerprint density at radius 1 is 1.19 bits per heavy atom. The normalized spacial score (nSPS) is 11.6. The molecule has 3 rings (SSSR count). The highest BCUT2D eigenvalue weighted by molar-refractivity contribution is 8.00. The molecule has 0 aliphatic carbocycles. The van der Waals surface area contributed by atoms with Gasteiger partial charge < -0.3 is 4.90 Å². The number of amides is 1. The van der Waals surface area contributed by atoms with Crippen LogP contribution in [0, 0.1) is 11.3 Å². The Kier molecular flexibility index (Phi) is 6.23. The summed E-state index contributed by atoms with van der Waals surface area (Å²) in [4.78, 5) is 14.7. The molecule has 2 aromatic carbocycles. The zero-order valence-corrected chi connectivity index (χ0v) is 15.7. The number of aromatic nitrogens is 3. The quantitative estimate of drug-likeness (QED) is 0.587. The molecule has 0 aliphatic heterocycles. The molecule has 1 atom stereocenters. The highest BCUT2D eigenvalue weighted by Crippen LogP contribution is 2.26. The van der Waals surface area contributed by atoms with Gasteiger partial charge in [0.1, 0.15) is 6.33 Å². The number of nitriles is 1. The standard InChI is InChI=1S/C20H19N5OS/c1-16(19(26)24(14-8-13-21)17-9-4-2-5-10-17)27-20-23-22-15-25(20)18-11-6-3-7-12-18/h2-7,9-12,15-16H,8,14H2,1H3. The summed E-state index contributed by atoms with van der Waals surface area (Å²) in [5.41, 5.74) is 1.73. The minimum absolute atomic E-state index is 0.0657. The number of thioether (sulfide) groups is 1. The summed E-state index contributed by atoms with van der Waals surface area (Å²) in [6.45, 7) is 2.20. The lowest BCUT2D eigenvalue weighted by molar-refractivity contribution is -0.117. The van der Waals surface area contributed by atoms with Crippen molar-refractivity contribution >= 4 is 23.4 Å². The van der Waals surface area contributed by atoms with Crippen molar-refractivity contribution in [2.24, 2.45) is 0 Å². The molecule has 0 saturated heterocycles. The van der Waals surface area contributed by atoms with Crippen LogP contribution in [-0.2, 0) is 4.79 Å². The first kappa shape index (κ1) is 18.7. The number of para-hydroxylation sites is 2. The Hall–Kier alpha value is -3.11. The van der Waals surface area contributed by atoms with Crippen LogP contribution in [0.3, 0.4) is 0 Å². The van der Waals surface area contributed by atoms with E-state index in [1.54, 1.807) is 11.2 Å². The fourth-order valence-corrected chi connectivity index (χ4v) is 3.54. The largest absolute Gasteiger partial charge is 0.310 e. The lowest BCUT2D eigenvalue weighted by Crippen LogP contribution is -2.37. The molecule has 0 spiro atoms. The van der Waals surface area contributed by atoms with Crippen LogP contribution in [0.15, 0.2) is 72.1 Å². The third-order valence-electron chi connectivity index (χ3n) is 3.96. The monoisotopic (exact) mass is 377 g/mol. The van der Waals surface area contributed by atoms with E-state index in [-0.39, 0.29) is 17.6 Å². The summed E-state index contributed by atoms with van der Waals surface area (Å²) in [6, 6.07) is 21.3. The van der Waals surface area contributed by atoms with Crippen molar-refractivity contribution in [1.82, 2.24) is 14.8 Å². The number of carbonyl (C=O) groups is 1. The first-order valence-corrected chi connectivity index (χ1v) is 9.44. The highest BCUT2D eigenvalue weighted by Gasteiger charge is 2.24. The van der Waals surface area contributed by atoms with Crippen molar-refractivity contribution in [2.45, 2.75) is 23.8 Å². The molecule has 0 N–H and O–H groups in total. The van der Waals surface area contributed by atoms with E-state index in [0.29, 0.717) is 11.7 Å². The van der Waals surface area contributed by atoms with Crippen molar-refractivity contribution in [3.8, 4) is 11.8 Å². The molecule has 1 heterocycles. The van der Waals surface area contributed by atoms with E-state index >= 15 is 0 Å². The van der Waals surface area contributed by atoms with Crippen molar-refractivity contribution < 1.29 is 4.79 Å². The van der Waals surface area contributed by atoms with Crippen LogP contribution in [0.4, 0.5) is 5.69 Å². The van der Waals surface area contributed by atoms with Gasteiger partial charge in [0.25, 0.3) is 0 Å². The van der Waals surface area contributed by atoms with Gasteiger partial charge in [-0.05, 0) is 31.2 Å². The van der Waals surface area contributed by atoms with Crippen LogP contribution >= 0.6 is 11.8 Å². The predicted molar refractivity (Wildman–Crippen MR) is 106 cm³/mol. The maximum absolute atomic E-state index is 13.1. The molecule has 0 fully saturated rings. The molecule has 0 radical (unpaired) electrons. The summed E-state index contributed by atoms with van der Waals surface area (Å²) in [7, 11) is 0. The van der Waals surface area contributed by atoms with E-state index in [9.17, 15) is 4.79 Å². The number of rotatable bonds is 7. The van der Waals surface area contributed by atoms with Crippen LogP contribution in [0.5, 0.6) is 0 Å². The Bertz CT molecular complexity index is 920. The Morgan fingerprint density at radius 3 is 2.52 bits per heavy atom. The summed E-state index contributed by atoms with van der Waals surface area (Å²) in [5.74, 6) is -0.0657. The fourth-order valence-electron chi connectivity index (χ4n) is 2.63. The lowest BCUT2D eigenvalue weighted by Gasteiger charge is -2.24. The van der Waals surface area contributed by atoms with E-state index in [1.807, 2.05) is 72.2 Å². The molecule has 0 bridgehead atoms. The molecule has 0 aliphatic rings. The van der Waals surface area contributed by atoms with Gasteiger partial charge >= 0.3 is 0 Å². The number of hydrogen-bond donors (Lipinski definition) is 0. The minimum Gasteiger partial charge on any atom is -0.310 e. The molecule has 1 unspecified atom stereocenters. The molecular formula is C20H19N5OS. The first-order chi connectivity index (χ1) is 13.2. The van der Waals surface area contributed by atoms with Crippen molar-refractivity contribution in [2.75, 3.05) is 11.4 Å². The van der Waals surface area contributed by atoms with Crippen molar-refractivity contribution in [1.29, 1.82) is 5.26 Å². The smallest absolute Gasteiger partial charge is 0.240 e. The molecule has 7 heteroatoms. The molecule has 3 aromatic rings. The van der Waals surface area contributed by atoms with E-state index in [4.69, 9.17) is 5.26 Å². The third kappa shape index (κ3) is 4.54. The van der Waals surface area contributed by atoms with Crippen LogP contribution in [-0.4, -0.2) is 32.5 Å². The van der Waals surface area contributed by atoms with Crippen LogP contribution in [0.2, 0.25) is 0 Å². The van der Waals surface area contributed by atoms with Crippen LogP contribution in [0.25, 0.3) is 5.69 Å². The van der Waals surface area contributed by atoms with Crippen LogP contribution in [0.1, 0.15) is 13.3 Å². The third-order valence-corrected chi connectivity index (χ3v) is 5.01. The molecule has 0 saturated carbocycles. The van der Waals surface area contributed by atoms with Crippen LogP contribution < -0.4 is 4.90 Å². The molecular weight excluding hydrogens is 358 g/mol. The molecule has 6 nitrogen and oxygen atoms in total. The summed E-state index contributed by atoms with van der Waals surface area (Å²) < 4.78 is 1.86. The lowest BCUT2D eigenvalue weighted by atomic mass is 10.2. The second kappa shape index (κ2) is 9.01. The minimum atomic E-state index is -0.379. The van der Waals surface area contributed by atoms with Gasteiger partial charge in [-0.2, -0.15) is 5.26 Å². The number of benzene rings is 2. The molecule has 1 amide bonds. The number of nitrogens with zero attached hydrogens (tertiary/aromatic N) is 5. The first-order valence-electron chi connectivity index (χ1n) is 8.56. The second-order valence-corrected chi connectivity index (χ2v) is 7.12. The highest BCUT2D eigenvalue weighted by atomic mass is 32.2. The van der Waals surface area contributed by atoms with Gasteiger partial charge in [0.05, 0.1) is 17.7 Å². The van der Waals surface area contributed by atoms with Gasteiger partial charge in [-0.25, -0.2) is 0 Å². The number of hydrogen-bond acceptors (Lipinski definition) is 5. The molecule has 27 heavy (non-hydrogen) atoms. The van der Waals surface area contributed by atoms with Gasteiger partial charge in [-0.15, -0.1) is 10.2 Å². The molecule has 136 valence electrons. The van der Waals surface area contributed by atoms with Crippen molar-refractivity contribution in [3.05, 3.63) is 67.0 Å². The molecule has 1 aromatic heterocycles. The van der Waals surface area contributed by atoms with E-state index in [2.05, 4.69) is 16.3 Å². The van der Waals surface area contributed by atoms with E-state index < -0.39 is 0 Å². The average Bonchev–Trinajstić information content (AvgIpc) is 3.17. The fraction of sp³-hybridized carbons (Fsp3) is 0.200. The Morgan fingerprint density at radius 2 is 1.85 bits per heavy atom. The van der Waals surface area contributed by atoms with Gasteiger partial charge in [0.2, 0.25) is 5.91 Å². The topological polar surface area (TPSA) is 74.8 Å². The number of carbonyl (C=O) groups excluding carboxylic acids is 1.